The Hall–Kier alpha value is -3.39. The normalized spacial score (nSPS) is 14.4. The highest BCUT2D eigenvalue weighted by Gasteiger charge is 2.34. The van der Waals surface area contributed by atoms with Crippen LogP contribution in [0.1, 0.15) is 104 Å². The number of aliphatic hydroxyl groups is 1. The maximum Gasteiger partial charge on any atom is 0.407 e. The monoisotopic (exact) mass is 652 g/mol. The van der Waals surface area contributed by atoms with Crippen molar-refractivity contribution in [3.8, 4) is 5.75 Å². The van der Waals surface area contributed by atoms with Crippen LogP contribution in [0.25, 0.3) is 0 Å². The number of rotatable bonds is 21. The van der Waals surface area contributed by atoms with Gasteiger partial charge in [-0.3, -0.25) is 9.59 Å². The Morgan fingerprint density at radius 1 is 0.957 bits per heavy atom. The quantitative estimate of drug-likeness (QED) is 0.119. The van der Waals surface area contributed by atoms with E-state index in [9.17, 15) is 19.5 Å². The zero-order valence-electron chi connectivity index (χ0n) is 30.0. The topological polar surface area (TPSA) is 128 Å². The SMILES string of the molecule is CCCCOc1cc(C[C@@H](C[C@H](NC(=O)OCc2ccccc2)[C@@H](O)C[C@H](C(=O)CCC(C)(C)C(N)=O)C(C)C)C(C)C)ccc1C. The van der Waals surface area contributed by atoms with E-state index in [-0.39, 0.29) is 43.0 Å². The molecule has 0 saturated heterocycles. The standard InChI is InChI=1S/C39H60N2O6/c1-9-10-20-46-36-22-30(17-16-28(36)6)21-31(26(2)3)23-33(41-38(45)47-25-29-14-12-11-13-15-29)35(43)24-32(27(4)5)34(42)18-19-39(7,8)37(40)44/h11-17,22,26-27,31-33,35,43H,9-10,18-21,23-25H2,1-8H3,(H2,40,44)(H,41,45)/t31-,32-,33-,35-/m0/s1. The Kier molecular flexibility index (Phi) is 16.5. The third-order valence-electron chi connectivity index (χ3n) is 9.36. The smallest absolute Gasteiger partial charge is 0.407 e. The first-order chi connectivity index (χ1) is 22.1. The zero-order chi connectivity index (χ0) is 35.1. The molecule has 0 radical (unpaired) electrons. The Labute approximate surface area is 283 Å². The minimum absolute atomic E-state index is 0.0190. The predicted octanol–water partition coefficient (Wildman–Crippen LogP) is 7.56. The van der Waals surface area contributed by atoms with E-state index in [1.807, 2.05) is 51.1 Å². The van der Waals surface area contributed by atoms with Gasteiger partial charge in [0, 0.05) is 17.8 Å². The second-order valence-electron chi connectivity index (χ2n) is 14.4. The number of ether oxygens (including phenoxy) is 2. The van der Waals surface area contributed by atoms with Gasteiger partial charge in [0.15, 0.2) is 0 Å². The third kappa shape index (κ3) is 13.7. The minimum atomic E-state index is -0.994. The second-order valence-corrected chi connectivity index (χ2v) is 14.4. The lowest BCUT2D eigenvalue weighted by Crippen LogP contribution is -2.47. The van der Waals surface area contributed by atoms with Gasteiger partial charge in [-0.15, -0.1) is 0 Å². The number of benzene rings is 2. The van der Waals surface area contributed by atoms with E-state index in [1.165, 1.54) is 0 Å². The van der Waals surface area contributed by atoms with E-state index >= 15 is 0 Å². The van der Waals surface area contributed by atoms with Gasteiger partial charge in [-0.1, -0.05) is 97.4 Å². The van der Waals surface area contributed by atoms with Crippen LogP contribution in [0.5, 0.6) is 5.75 Å². The van der Waals surface area contributed by atoms with Gasteiger partial charge in [-0.2, -0.15) is 0 Å². The molecule has 0 bridgehead atoms. The summed E-state index contributed by atoms with van der Waals surface area (Å²) in [5.74, 6) is 0.286. The van der Waals surface area contributed by atoms with Crippen molar-refractivity contribution in [3.63, 3.8) is 0 Å². The highest BCUT2D eigenvalue weighted by molar-refractivity contribution is 5.84. The van der Waals surface area contributed by atoms with Gasteiger partial charge in [-0.25, -0.2) is 4.79 Å². The summed E-state index contributed by atoms with van der Waals surface area (Å²) in [6, 6.07) is 15.1. The van der Waals surface area contributed by atoms with Crippen molar-refractivity contribution in [2.24, 2.45) is 34.8 Å². The first-order valence-corrected chi connectivity index (χ1v) is 17.3. The first-order valence-electron chi connectivity index (χ1n) is 17.3. The summed E-state index contributed by atoms with van der Waals surface area (Å²) in [4.78, 5) is 38.4. The fraction of sp³-hybridized carbons (Fsp3) is 0.615. The van der Waals surface area contributed by atoms with Crippen molar-refractivity contribution in [1.29, 1.82) is 0 Å². The van der Waals surface area contributed by atoms with Crippen molar-refractivity contribution in [3.05, 3.63) is 65.2 Å². The molecule has 8 nitrogen and oxygen atoms in total. The minimum Gasteiger partial charge on any atom is -0.493 e. The summed E-state index contributed by atoms with van der Waals surface area (Å²) in [5, 5.41) is 14.7. The summed E-state index contributed by atoms with van der Waals surface area (Å²) in [5.41, 5.74) is 7.82. The van der Waals surface area contributed by atoms with Gasteiger partial charge in [0.2, 0.25) is 5.91 Å². The zero-order valence-corrected chi connectivity index (χ0v) is 30.0. The van der Waals surface area contributed by atoms with Crippen molar-refractivity contribution in [2.45, 2.75) is 119 Å². The largest absolute Gasteiger partial charge is 0.493 e. The molecule has 47 heavy (non-hydrogen) atoms. The molecular formula is C39H60N2O6. The van der Waals surface area contributed by atoms with Crippen molar-refractivity contribution < 1.29 is 29.0 Å². The lowest BCUT2D eigenvalue weighted by atomic mass is 9.78. The van der Waals surface area contributed by atoms with Crippen LogP contribution in [-0.2, 0) is 27.4 Å². The van der Waals surface area contributed by atoms with E-state index in [0.717, 1.165) is 41.7 Å². The predicted molar refractivity (Wildman–Crippen MR) is 188 cm³/mol. The third-order valence-corrected chi connectivity index (χ3v) is 9.36. The number of primary amides is 1. The molecule has 0 saturated carbocycles. The number of carbonyl (C=O) groups excluding carboxylic acids is 3. The molecular weight excluding hydrogens is 592 g/mol. The fourth-order valence-electron chi connectivity index (χ4n) is 5.65. The molecule has 0 aliphatic rings. The van der Waals surface area contributed by atoms with Crippen LogP contribution in [0, 0.1) is 36.0 Å². The van der Waals surface area contributed by atoms with E-state index < -0.39 is 35.5 Å². The molecule has 0 fully saturated rings. The van der Waals surface area contributed by atoms with Crippen LogP contribution in [0.2, 0.25) is 0 Å². The summed E-state index contributed by atoms with van der Waals surface area (Å²) >= 11 is 0. The van der Waals surface area contributed by atoms with Gasteiger partial charge in [0.25, 0.3) is 0 Å². The van der Waals surface area contributed by atoms with Gasteiger partial charge in [0.05, 0.1) is 18.8 Å². The molecule has 2 aromatic rings. The van der Waals surface area contributed by atoms with Crippen molar-refractivity contribution >= 4 is 17.8 Å². The van der Waals surface area contributed by atoms with Gasteiger partial charge < -0.3 is 25.6 Å². The van der Waals surface area contributed by atoms with Crippen LogP contribution < -0.4 is 15.8 Å². The number of aliphatic hydroxyl groups excluding tert-OH is 1. The summed E-state index contributed by atoms with van der Waals surface area (Å²) < 4.78 is 11.6. The molecule has 0 spiro atoms. The van der Waals surface area contributed by atoms with Gasteiger partial charge >= 0.3 is 6.09 Å². The number of carbonyl (C=O) groups is 3. The first kappa shape index (κ1) is 39.8. The molecule has 4 atom stereocenters. The average Bonchev–Trinajstić information content (AvgIpc) is 3.02. The number of hydrogen-bond acceptors (Lipinski definition) is 6. The van der Waals surface area contributed by atoms with Crippen LogP contribution in [0.3, 0.4) is 0 Å². The Morgan fingerprint density at radius 2 is 1.64 bits per heavy atom. The molecule has 2 rings (SSSR count). The Balaban J connectivity index is 2.28. The van der Waals surface area contributed by atoms with Crippen molar-refractivity contribution in [2.75, 3.05) is 6.61 Å². The second kappa shape index (κ2) is 19.4. The molecule has 2 aromatic carbocycles. The van der Waals surface area contributed by atoms with Crippen LogP contribution in [0.15, 0.2) is 48.5 Å². The number of nitrogens with one attached hydrogen (secondary N) is 1. The average molecular weight is 653 g/mol. The lowest BCUT2D eigenvalue weighted by molar-refractivity contribution is -0.129. The summed E-state index contributed by atoms with van der Waals surface area (Å²) in [6.45, 7) is 16.7. The van der Waals surface area contributed by atoms with Gasteiger partial charge in [-0.05, 0) is 79.5 Å². The van der Waals surface area contributed by atoms with Crippen LogP contribution in [0.4, 0.5) is 4.79 Å². The molecule has 0 aliphatic heterocycles. The summed E-state index contributed by atoms with van der Waals surface area (Å²) in [6.07, 6.45) is 2.39. The molecule has 262 valence electrons. The van der Waals surface area contributed by atoms with Crippen LogP contribution >= 0.6 is 0 Å². The van der Waals surface area contributed by atoms with E-state index in [1.54, 1.807) is 13.8 Å². The van der Waals surface area contributed by atoms with Crippen LogP contribution in [-0.4, -0.2) is 41.6 Å². The van der Waals surface area contributed by atoms with E-state index in [2.05, 4.69) is 44.3 Å². The highest BCUT2D eigenvalue weighted by atomic mass is 16.5. The lowest BCUT2D eigenvalue weighted by Gasteiger charge is -2.32. The van der Waals surface area contributed by atoms with Gasteiger partial charge in [0.1, 0.15) is 18.1 Å². The molecule has 0 heterocycles. The number of aryl methyl sites for hydroxylation is 1. The number of alkyl carbamates (subject to hydrolysis) is 1. The maximum atomic E-state index is 13.4. The van der Waals surface area contributed by atoms with Crippen molar-refractivity contribution in [1.82, 2.24) is 5.32 Å². The number of hydrogen-bond donors (Lipinski definition) is 3. The van der Waals surface area contributed by atoms with E-state index in [0.29, 0.717) is 19.4 Å². The Morgan fingerprint density at radius 3 is 2.23 bits per heavy atom. The maximum absolute atomic E-state index is 13.4. The molecule has 8 heteroatoms. The summed E-state index contributed by atoms with van der Waals surface area (Å²) in [7, 11) is 0. The number of amides is 2. The highest BCUT2D eigenvalue weighted by Crippen LogP contribution is 2.31. The molecule has 4 N–H and O–H groups in total. The number of ketones is 1. The molecule has 0 aromatic heterocycles. The number of nitrogens with two attached hydrogens (primary N) is 1. The molecule has 2 amide bonds. The molecule has 0 aliphatic carbocycles. The number of Topliss-reactive ketones (excluding diaryl/α,β-unsaturated/α-hetero) is 1. The Bertz CT molecular complexity index is 1260. The molecule has 0 unspecified atom stereocenters. The van der Waals surface area contributed by atoms with E-state index in [4.69, 9.17) is 15.2 Å². The number of unbranched alkanes of at least 4 members (excludes halogenated alkanes) is 1. The fourth-order valence-corrected chi connectivity index (χ4v) is 5.65.